The van der Waals surface area contributed by atoms with Crippen molar-refractivity contribution in [1.29, 1.82) is 0 Å². The first-order valence-electron chi connectivity index (χ1n) is 6.51. The molecule has 0 fully saturated rings. The summed E-state index contributed by atoms with van der Waals surface area (Å²) in [6.07, 6.45) is 2.88. The van der Waals surface area contributed by atoms with Crippen LogP contribution < -0.4 is 5.32 Å². The maximum absolute atomic E-state index is 9.38. The summed E-state index contributed by atoms with van der Waals surface area (Å²) >= 11 is 0. The molecule has 0 bridgehead atoms. The zero-order valence-corrected chi connectivity index (χ0v) is 11.9. The van der Waals surface area contributed by atoms with Crippen LogP contribution in [0.4, 0.5) is 5.82 Å². The molecular weight excluding hydrogens is 226 g/mol. The van der Waals surface area contributed by atoms with Crippen molar-refractivity contribution < 1.29 is 5.11 Å². The van der Waals surface area contributed by atoms with Gasteiger partial charge in [-0.1, -0.05) is 13.0 Å². The van der Waals surface area contributed by atoms with Crippen LogP contribution in [-0.2, 0) is 6.54 Å². The number of rotatable bonds is 7. The Morgan fingerprint density at radius 1 is 1.44 bits per heavy atom. The van der Waals surface area contributed by atoms with E-state index < -0.39 is 0 Å². The standard InChI is InChI=1S/C14H25N3O/c1-5-8-15-13-12(7-6-9-16-13)10-17(4)14(2,3)11-18/h6-7,9,18H,5,8,10-11H2,1-4H3,(H,15,16). The van der Waals surface area contributed by atoms with E-state index in [1.807, 2.05) is 27.0 Å². The van der Waals surface area contributed by atoms with Gasteiger partial charge in [-0.15, -0.1) is 0 Å². The van der Waals surface area contributed by atoms with E-state index in [9.17, 15) is 5.11 Å². The Kier molecular flexibility index (Phi) is 5.56. The van der Waals surface area contributed by atoms with Crippen molar-refractivity contribution >= 4 is 5.82 Å². The van der Waals surface area contributed by atoms with Gasteiger partial charge in [0.05, 0.1) is 6.61 Å². The molecule has 2 N–H and O–H groups in total. The molecular formula is C14H25N3O. The Bertz CT molecular complexity index is 366. The highest BCUT2D eigenvalue weighted by Gasteiger charge is 2.23. The van der Waals surface area contributed by atoms with Crippen LogP contribution in [0, 0.1) is 0 Å². The molecule has 0 aliphatic carbocycles. The first-order valence-corrected chi connectivity index (χ1v) is 6.51. The van der Waals surface area contributed by atoms with Crippen LogP contribution in [0.5, 0.6) is 0 Å². The Morgan fingerprint density at radius 2 is 2.17 bits per heavy atom. The number of nitrogens with one attached hydrogen (secondary N) is 1. The minimum Gasteiger partial charge on any atom is -0.394 e. The summed E-state index contributed by atoms with van der Waals surface area (Å²) in [5.41, 5.74) is 0.938. The first-order chi connectivity index (χ1) is 8.51. The predicted molar refractivity (Wildman–Crippen MR) is 75.6 cm³/mol. The summed E-state index contributed by atoms with van der Waals surface area (Å²) in [5, 5.41) is 12.7. The van der Waals surface area contributed by atoms with E-state index in [1.54, 1.807) is 6.20 Å². The van der Waals surface area contributed by atoms with Gasteiger partial charge in [0.15, 0.2) is 0 Å². The highest BCUT2D eigenvalue weighted by Crippen LogP contribution is 2.19. The summed E-state index contributed by atoms with van der Waals surface area (Å²) in [6.45, 7) is 8.04. The van der Waals surface area contributed by atoms with Gasteiger partial charge >= 0.3 is 0 Å². The molecule has 0 spiro atoms. The van der Waals surface area contributed by atoms with Gasteiger partial charge in [0.25, 0.3) is 0 Å². The van der Waals surface area contributed by atoms with E-state index in [2.05, 4.69) is 28.2 Å². The fourth-order valence-electron chi connectivity index (χ4n) is 1.56. The molecule has 0 atom stereocenters. The number of hydrogen-bond acceptors (Lipinski definition) is 4. The second-order valence-electron chi connectivity index (χ2n) is 5.26. The largest absolute Gasteiger partial charge is 0.394 e. The molecule has 0 aliphatic heterocycles. The lowest BCUT2D eigenvalue weighted by Crippen LogP contribution is -2.43. The molecule has 4 nitrogen and oxygen atoms in total. The van der Waals surface area contributed by atoms with Crippen molar-refractivity contribution in [3.8, 4) is 0 Å². The second-order valence-corrected chi connectivity index (χ2v) is 5.26. The van der Waals surface area contributed by atoms with Crippen LogP contribution in [0.3, 0.4) is 0 Å². The Balaban J connectivity index is 2.77. The lowest BCUT2D eigenvalue weighted by atomic mass is 10.0. The number of pyridine rings is 1. The van der Waals surface area contributed by atoms with Crippen molar-refractivity contribution in [3.63, 3.8) is 0 Å². The molecule has 4 heteroatoms. The summed E-state index contributed by atoms with van der Waals surface area (Å²) in [4.78, 5) is 6.52. The summed E-state index contributed by atoms with van der Waals surface area (Å²) in [6, 6.07) is 4.03. The zero-order chi connectivity index (χ0) is 13.6. The third-order valence-corrected chi connectivity index (χ3v) is 3.26. The van der Waals surface area contributed by atoms with E-state index in [0.717, 1.165) is 30.9 Å². The van der Waals surface area contributed by atoms with Crippen LogP contribution in [0.15, 0.2) is 18.3 Å². The minimum absolute atomic E-state index is 0.140. The normalized spacial score (nSPS) is 11.9. The Labute approximate surface area is 110 Å². The van der Waals surface area contributed by atoms with Gasteiger partial charge in [-0.3, -0.25) is 4.90 Å². The van der Waals surface area contributed by atoms with Gasteiger partial charge in [0.1, 0.15) is 5.82 Å². The van der Waals surface area contributed by atoms with Crippen molar-refractivity contribution in [2.75, 3.05) is 25.5 Å². The van der Waals surface area contributed by atoms with E-state index in [4.69, 9.17) is 0 Å². The Morgan fingerprint density at radius 3 is 2.78 bits per heavy atom. The lowest BCUT2D eigenvalue weighted by molar-refractivity contribution is 0.0735. The number of anilines is 1. The second kappa shape index (κ2) is 6.71. The summed E-state index contributed by atoms with van der Waals surface area (Å²) in [7, 11) is 2.02. The molecule has 0 radical (unpaired) electrons. The summed E-state index contributed by atoms with van der Waals surface area (Å²) < 4.78 is 0. The fraction of sp³-hybridized carbons (Fsp3) is 0.643. The maximum atomic E-state index is 9.38. The Hall–Kier alpha value is -1.13. The van der Waals surface area contributed by atoms with Crippen LogP contribution in [0.25, 0.3) is 0 Å². The van der Waals surface area contributed by atoms with Crippen LogP contribution in [0.2, 0.25) is 0 Å². The van der Waals surface area contributed by atoms with E-state index in [1.165, 1.54) is 0 Å². The number of aliphatic hydroxyl groups excluding tert-OH is 1. The van der Waals surface area contributed by atoms with Gasteiger partial charge in [-0.05, 0) is 33.4 Å². The SMILES string of the molecule is CCCNc1ncccc1CN(C)C(C)(C)CO. The van der Waals surface area contributed by atoms with Crippen LogP contribution in [-0.4, -0.2) is 40.7 Å². The quantitative estimate of drug-likeness (QED) is 0.779. The summed E-state index contributed by atoms with van der Waals surface area (Å²) in [5.74, 6) is 0.944. The number of hydrogen-bond donors (Lipinski definition) is 2. The van der Waals surface area contributed by atoms with E-state index in [-0.39, 0.29) is 12.1 Å². The monoisotopic (exact) mass is 251 g/mol. The van der Waals surface area contributed by atoms with Crippen molar-refractivity contribution in [2.24, 2.45) is 0 Å². The average Bonchev–Trinajstić information content (AvgIpc) is 2.37. The van der Waals surface area contributed by atoms with Gasteiger partial charge in [-0.2, -0.15) is 0 Å². The third-order valence-electron chi connectivity index (χ3n) is 3.26. The molecule has 1 heterocycles. The molecule has 0 aromatic carbocycles. The molecule has 1 aromatic rings. The maximum Gasteiger partial charge on any atom is 0.130 e. The molecule has 102 valence electrons. The molecule has 0 aliphatic rings. The minimum atomic E-state index is -0.224. The number of likely N-dealkylation sites (N-methyl/N-ethyl adjacent to an activating group) is 1. The van der Waals surface area contributed by atoms with Gasteiger partial charge in [0.2, 0.25) is 0 Å². The van der Waals surface area contributed by atoms with Crippen molar-refractivity contribution in [3.05, 3.63) is 23.9 Å². The molecule has 1 rings (SSSR count). The molecule has 0 amide bonds. The van der Waals surface area contributed by atoms with E-state index >= 15 is 0 Å². The van der Waals surface area contributed by atoms with E-state index in [0.29, 0.717) is 0 Å². The molecule has 1 aromatic heterocycles. The topological polar surface area (TPSA) is 48.4 Å². The van der Waals surface area contributed by atoms with Gasteiger partial charge < -0.3 is 10.4 Å². The zero-order valence-electron chi connectivity index (χ0n) is 11.9. The fourth-order valence-corrected chi connectivity index (χ4v) is 1.56. The molecule has 0 saturated carbocycles. The smallest absolute Gasteiger partial charge is 0.130 e. The third kappa shape index (κ3) is 3.96. The van der Waals surface area contributed by atoms with Crippen LogP contribution >= 0.6 is 0 Å². The van der Waals surface area contributed by atoms with Crippen molar-refractivity contribution in [1.82, 2.24) is 9.88 Å². The lowest BCUT2D eigenvalue weighted by Gasteiger charge is -2.34. The number of nitrogens with zero attached hydrogens (tertiary/aromatic N) is 2. The molecule has 0 saturated heterocycles. The number of aromatic nitrogens is 1. The highest BCUT2D eigenvalue weighted by atomic mass is 16.3. The average molecular weight is 251 g/mol. The van der Waals surface area contributed by atoms with Crippen LogP contribution in [0.1, 0.15) is 32.8 Å². The molecule has 0 unspecified atom stereocenters. The predicted octanol–water partition coefficient (Wildman–Crippen LogP) is 2.11. The molecule has 18 heavy (non-hydrogen) atoms. The van der Waals surface area contributed by atoms with Crippen molar-refractivity contribution in [2.45, 2.75) is 39.3 Å². The van der Waals surface area contributed by atoms with Gasteiger partial charge in [-0.25, -0.2) is 4.98 Å². The van der Waals surface area contributed by atoms with Gasteiger partial charge in [0, 0.05) is 30.4 Å². The number of aliphatic hydroxyl groups is 1. The highest BCUT2D eigenvalue weighted by molar-refractivity contribution is 5.43. The first kappa shape index (κ1) is 14.9.